The minimum atomic E-state index is -0.163. The van der Waals surface area contributed by atoms with Gasteiger partial charge in [0.2, 0.25) is 0 Å². The maximum atomic E-state index is 12.9. The van der Waals surface area contributed by atoms with Crippen molar-refractivity contribution in [2.75, 3.05) is 0 Å². The maximum Gasteiger partial charge on any atom is 0.123 e. The van der Waals surface area contributed by atoms with Crippen molar-refractivity contribution in [3.05, 3.63) is 35.8 Å². The van der Waals surface area contributed by atoms with E-state index in [1.54, 1.807) is 6.07 Å². The van der Waals surface area contributed by atoms with E-state index in [1.807, 2.05) is 26.8 Å². The second-order valence-electron chi connectivity index (χ2n) is 3.26. The number of halogens is 1. The lowest BCUT2D eigenvalue weighted by Gasteiger charge is -1.98. The molecule has 0 aliphatic carbocycles. The van der Waals surface area contributed by atoms with Crippen LogP contribution in [0.1, 0.15) is 26.3 Å². The molecule has 0 spiro atoms. The molecule has 0 saturated carbocycles. The molecule has 0 aliphatic rings. The molecule has 82 valence electrons. The van der Waals surface area contributed by atoms with E-state index >= 15 is 0 Å². The third kappa shape index (κ3) is 2.20. The molecule has 0 fully saturated rings. The summed E-state index contributed by atoms with van der Waals surface area (Å²) in [6.45, 7) is 9.02. The van der Waals surface area contributed by atoms with E-state index in [4.69, 9.17) is 0 Å². The molecule has 0 aliphatic heterocycles. The second-order valence-corrected chi connectivity index (χ2v) is 3.26. The lowest BCUT2D eigenvalue weighted by molar-refractivity contribution is 0.629. The predicted octanol–water partition coefficient (Wildman–Crippen LogP) is 4.13. The van der Waals surface area contributed by atoms with Crippen LogP contribution in [0.2, 0.25) is 0 Å². The lowest BCUT2D eigenvalue weighted by atomic mass is 10.2. The number of fused-ring (bicyclic) bond motifs is 1. The Bertz CT molecular complexity index is 443. The second kappa shape index (κ2) is 4.96. The van der Waals surface area contributed by atoms with Crippen LogP contribution in [-0.4, -0.2) is 4.57 Å². The maximum absolute atomic E-state index is 12.9. The van der Waals surface area contributed by atoms with Gasteiger partial charge in [0.15, 0.2) is 0 Å². The molecule has 0 radical (unpaired) electrons. The average molecular weight is 207 g/mol. The van der Waals surface area contributed by atoms with Crippen LogP contribution < -0.4 is 0 Å². The van der Waals surface area contributed by atoms with Crippen molar-refractivity contribution in [1.82, 2.24) is 4.57 Å². The van der Waals surface area contributed by atoms with Crippen molar-refractivity contribution < 1.29 is 4.39 Å². The van der Waals surface area contributed by atoms with Gasteiger partial charge in [-0.25, -0.2) is 4.39 Å². The van der Waals surface area contributed by atoms with Crippen LogP contribution in [-0.2, 0) is 6.54 Å². The molecule has 0 saturated heterocycles. The Balaban J connectivity index is 0.000000531. The molecule has 0 N–H and O–H groups in total. The highest BCUT2D eigenvalue weighted by molar-refractivity contribution is 5.83. The SMILES string of the molecule is CC.CCn1cc(C)c2cc(F)ccc21. The van der Waals surface area contributed by atoms with Gasteiger partial charge < -0.3 is 4.57 Å². The summed E-state index contributed by atoms with van der Waals surface area (Å²) in [5.74, 6) is -0.163. The van der Waals surface area contributed by atoms with Gasteiger partial charge in [0, 0.05) is 23.6 Å². The van der Waals surface area contributed by atoms with Crippen LogP contribution in [0.5, 0.6) is 0 Å². The van der Waals surface area contributed by atoms with Crippen LogP contribution in [0.3, 0.4) is 0 Å². The van der Waals surface area contributed by atoms with Crippen molar-refractivity contribution in [1.29, 1.82) is 0 Å². The molecule has 0 atom stereocenters. The largest absolute Gasteiger partial charge is 0.347 e. The first-order chi connectivity index (χ1) is 7.22. The Hall–Kier alpha value is -1.31. The molecule has 2 aromatic rings. The van der Waals surface area contributed by atoms with Gasteiger partial charge in [-0.05, 0) is 37.6 Å². The number of aryl methyl sites for hydroxylation is 2. The minimum Gasteiger partial charge on any atom is -0.347 e. The van der Waals surface area contributed by atoms with Crippen LogP contribution in [0.4, 0.5) is 4.39 Å². The monoisotopic (exact) mass is 207 g/mol. The van der Waals surface area contributed by atoms with E-state index in [0.29, 0.717) is 0 Å². The summed E-state index contributed by atoms with van der Waals surface area (Å²) in [7, 11) is 0. The lowest BCUT2D eigenvalue weighted by Crippen LogP contribution is -1.90. The molecule has 15 heavy (non-hydrogen) atoms. The Kier molecular flexibility index (Phi) is 3.89. The normalized spacial score (nSPS) is 9.93. The van der Waals surface area contributed by atoms with Gasteiger partial charge in [0.1, 0.15) is 5.82 Å². The summed E-state index contributed by atoms with van der Waals surface area (Å²) in [5.41, 5.74) is 2.25. The zero-order valence-corrected chi connectivity index (χ0v) is 9.84. The summed E-state index contributed by atoms with van der Waals surface area (Å²) in [5, 5.41) is 1.02. The standard InChI is InChI=1S/C11H12FN.C2H6/c1-3-13-7-8(2)10-6-9(12)4-5-11(10)13;1-2/h4-7H,3H2,1-2H3;1-2H3. The quantitative estimate of drug-likeness (QED) is 0.662. The average Bonchev–Trinajstić information content (AvgIpc) is 2.58. The molecule has 1 aromatic heterocycles. The molecule has 1 aromatic carbocycles. The first-order valence-electron chi connectivity index (χ1n) is 5.47. The van der Waals surface area contributed by atoms with Gasteiger partial charge in [0.25, 0.3) is 0 Å². The van der Waals surface area contributed by atoms with Crippen molar-refractivity contribution in [2.24, 2.45) is 0 Å². The molecule has 2 rings (SSSR count). The Morgan fingerprint density at radius 2 is 1.93 bits per heavy atom. The van der Waals surface area contributed by atoms with Crippen LogP contribution in [0, 0.1) is 12.7 Å². The van der Waals surface area contributed by atoms with Crippen LogP contribution >= 0.6 is 0 Å². The minimum absolute atomic E-state index is 0.163. The number of rotatable bonds is 1. The van der Waals surface area contributed by atoms with Crippen LogP contribution in [0.15, 0.2) is 24.4 Å². The van der Waals surface area contributed by atoms with Gasteiger partial charge in [0.05, 0.1) is 0 Å². The van der Waals surface area contributed by atoms with Gasteiger partial charge in [-0.1, -0.05) is 13.8 Å². The third-order valence-electron chi connectivity index (χ3n) is 2.38. The highest BCUT2D eigenvalue weighted by atomic mass is 19.1. The third-order valence-corrected chi connectivity index (χ3v) is 2.38. The molecule has 0 amide bonds. The van der Waals surface area contributed by atoms with Gasteiger partial charge in [-0.15, -0.1) is 0 Å². The molecule has 1 heterocycles. The molecule has 0 unspecified atom stereocenters. The van der Waals surface area contributed by atoms with Gasteiger partial charge in [-0.3, -0.25) is 0 Å². The highest BCUT2D eigenvalue weighted by Gasteiger charge is 2.04. The first-order valence-corrected chi connectivity index (χ1v) is 5.47. The smallest absolute Gasteiger partial charge is 0.123 e. The van der Waals surface area contributed by atoms with Crippen molar-refractivity contribution in [2.45, 2.75) is 34.2 Å². The molecule has 1 nitrogen and oxygen atoms in total. The molecular formula is C13H18FN. The molecule has 2 heteroatoms. The Morgan fingerprint density at radius 1 is 1.27 bits per heavy atom. The number of nitrogens with zero attached hydrogens (tertiary/aromatic N) is 1. The topological polar surface area (TPSA) is 4.93 Å². The number of benzene rings is 1. The Morgan fingerprint density at radius 3 is 2.53 bits per heavy atom. The van der Waals surface area contributed by atoms with E-state index in [9.17, 15) is 4.39 Å². The number of hydrogen-bond donors (Lipinski definition) is 0. The highest BCUT2D eigenvalue weighted by Crippen LogP contribution is 2.21. The van der Waals surface area contributed by atoms with E-state index in [2.05, 4.69) is 17.7 Å². The number of hydrogen-bond acceptors (Lipinski definition) is 0. The van der Waals surface area contributed by atoms with Crippen molar-refractivity contribution in [3.8, 4) is 0 Å². The molecular weight excluding hydrogens is 189 g/mol. The van der Waals surface area contributed by atoms with E-state index in [0.717, 1.165) is 23.0 Å². The van der Waals surface area contributed by atoms with E-state index in [1.165, 1.54) is 6.07 Å². The summed E-state index contributed by atoms with van der Waals surface area (Å²) >= 11 is 0. The fourth-order valence-electron chi connectivity index (χ4n) is 1.71. The summed E-state index contributed by atoms with van der Waals surface area (Å²) < 4.78 is 15.0. The van der Waals surface area contributed by atoms with Crippen molar-refractivity contribution >= 4 is 10.9 Å². The van der Waals surface area contributed by atoms with E-state index < -0.39 is 0 Å². The van der Waals surface area contributed by atoms with Crippen LogP contribution in [0.25, 0.3) is 10.9 Å². The first kappa shape index (κ1) is 11.8. The van der Waals surface area contributed by atoms with E-state index in [-0.39, 0.29) is 5.82 Å². The summed E-state index contributed by atoms with van der Waals surface area (Å²) in [4.78, 5) is 0. The summed E-state index contributed by atoms with van der Waals surface area (Å²) in [6, 6.07) is 4.94. The number of aromatic nitrogens is 1. The van der Waals surface area contributed by atoms with Crippen molar-refractivity contribution in [3.63, 3.8) is 0 Å². The predicted molar refractivity (Wildman–Crippen MR) is 63.7 cm³/mol. The fourth-order valence-corrected chi connectivity index (χ4v) is 1.71. The summed E-state index contributed by atoms with van der Waals surface area (Å²) in [6.07, 6.45) is 2.06. The molecule has 0 bridgehead atoms. The fraction of sp³-hybridized carbons (Fsp3) is 0.385. The zero-order chi connectivity index (χ0) is 11.4. The van der Waals surface area contributed by atoms with Gasteiger partial charge >= 0.3 is 0 Å². The Labute approximate surface area is 90.5 Å². The van der Waals surface area contributed by atoms with Gasteiger partial charge in [-0.2, -0.15) is 0 Å². The zero-order valence-electron chi connectivity index (χ0n) is 9.84.